The zero-order chi connectivity index (χ0) is 12.3. The Labute approximate surface area is 112 Å². The second-order valence-corrected chi connectivity index (χ2v) is 6.49. The van der Waals surface area contributed by atoms with Crippen molar-refractivity contribution < 1.29 is 0 Å². The lowest BCUT2D eigenvalue weighted by molar-refractivity contribution is 0.422. The molecule has 1 aliphatic heterocycles. The van der Waals surface area contributed by atoms with Crippen molar-refractivity contribution in [2.75, 3.05) is 17.6 Å². The van der Waals surface area contributed by atoms with Crippen molar-refractivity contribution in [1.82, 2.24) is 0 Å². The standard InChI is InChI=1S/C13H19ClN2S/c1-10-13(9-15,7-2-8-17-10)16-12-5-3-11(14)4-6-12/h3-6,10,16H,2,7-9,15H2,1H3. The maximum Gasteiger partial charge on any atom is 0.0611 e. The predicted molar refractivity (Wildman–Crippen MR) is 78.0 cm³/mol. The number of hydrogen-bond donors (Lipinski definition) is 2. The van der Waals surface area contributed by atoms with Gasteiger partial charge in [0.2, 0.25) is 0 Å². The van der Waals surface area contributed by atoms with Gasteiger partial charge in [-0.3, -0.25) is 0 Å². The van der Waals surface area contributed by atoms with Crippen LogP contribution in [0.1, 0.15) is 19.8 Å². The van der Waals surface area contributed by atoms with E-state index in [-0.39, 0.29) is 5.54 Å². The quantitative estimate of drug-likeness (QED) is 0.885. The Morgan fingerprint density at radius 1 is 1.47 bits per heavy atom. The highest BCUT2D eigenvalue weighted by atomic mass is 35.5. The molecule has 0 radical (unpaired) electrons. The first-order valence-corrected chi connectivity index (χ1v) is 7.44. The SMILES string of the molecule is CC1SCCCC1(CN)Nc1ccc(Cl)cc1. The minimum atomic E-state index is 0.0245. The van der Waals surface area contributed by atoms with E-state index < -0.39 is 0 Å². The molecule has 17 heavy (non-hydrogen) atoms. The number of rotatable bonds is 3. The normalized spacial score (nSPS) is 29.0. The van der Waals surface area contributed by atoms with Gasteiger partial charge in [0, 0.05) is 22.5 Å². The lowest BCUT2D eigenvalue weighted by Crippen LogP contribution is -2.54. The van der Waals surface area contributed by atoms with E-state index in [0.29, 0.717) is 11.8 Å². The summed E-state index contributed by atoms with van der Waals surface area (Å²) in [5.41, 5.74) is 7.13. The summed E-state index contributed by atoms with van der Waals surface area (Å²) in [5.74, 6) is 1.24. The van der Waals surface area contributed by atoms with Crippen molar-refractivity contribution in [3.63, 3.8) is 0 Å². The third-order valence-corrected chi connectivity index (χ3v) is 5.24. The van der Waals surface area contributed by atoms with Crippen LogP contribution in [-0.4, -0.2) is 23.1 Å². The Hall–Kier alpha value is -0.380. The van der Waals surface area contributed by atoms with Crippen LogP contribution in [0.15, 0.2) is 24.3 Å². The Bertz CT molecular complexity index is 368. The highest BCUT2D eigenvalue weighted by molar-refractivity contribution is 8.00. The van der Waals surface area contributed by atoms with Crippen LogP contribution in [0.5, 0.6) is 0 Å². The number of halogens is 1. The molecule has 0 saturated carbocycles. The molecule has 0 amide bonds. The first kappa shape index (κ1) is 13.1. The van der Waals surface area contributed by atoms with Gasteiger partial charge in [0.1, 0.15) is 0 Å². The van der Waals surface area contributed by atoms with Gasteiger partial charge in [-0.25, -0.2) is 0 Å². The smallest absolute Gasteiger partial charge is 0.0611 e. The molecule has 0 spiro atoms. The van der Waals surface area contributed by atoms with Gasteiger partial charge in [0.05, 0.1) is 5.54 Å². The molecular formula is C13H19ClN2S. The maximum absolute atomic E-state index is 6.00. The second kappa shape index (κ2) is 5.51. The van der Waals surface area contributed by atoms with E-state index in [0.717, 1.165) is 17.1 Å². The predicted octanol–water partition coefficient (Wildman–Crippen LogP) is 3.36. The Balaban J connectivity index is 2.15. The summed E-state index contributed by atoms with van der Waals surface area (Å²) in [4.78, 5) is 0. The molecule has 2 unspecified atom stereocenters. The summed E-state index contributed by atoms with van der Waals surface area (Å²) in [5, 5.41) is 4.92. The van der Waals surface area contributed by atoms with E-state index in [1.807, 2.05) is 36.0 Å². The van der Waals surface area contributed by atoms with Gasteiger partial charge in [-0.1, -0.05) is 18.5 Å². The van der Waals surface area contributed by atoms with E-state index in [9.17, 15) is 0 Å². The Morgan fingerprint density at radius 2 is 2.18 bits per heavy atom. The molecule has 4 heteroatoms. The van der Waals surface area contributed by atoms with Crippen molar-refractivity contribution in [2.24, 2.45) is 5.73 Å². The van der Waals surface area contributed by atoms with Gasteiger partial charge in [-0.15, -0.1) is 0 Å². The van der Waals surface area contributed by atoms with E-state index in [1.165, 1.54) is 12.2 Å². The molecule has 1 fully saturated rings. The lowest BCUT2D eigenvalue weighted by atomic mass is 9.89. The summed E-state index contributed by atoms with van der Waals surface area (Å²) in [7, 11) is 0. The molecule has 0 aromatic heterocycles. The topological polar surface area (TPSA) is 38.0 Å². The molecule has 1 aromatic carbocycles. The summed E-state index contributed by atoms with van der Waals surface area (Å²) in [6.45, 7) is 2.93. The van der Waals surface area contributed by atoms with Crippen LogP contribution in [0.25, 0.3) is 0 Å². The Kier molecular flexibility index (Phi) is 4.23. The third kappa shape index (κ3) is 2.90. The molecule has 1 saturated heterocycles. The lowest BCUT2D eigenvalue weighted by Gasteiger charge is -2.43. The maximum atomic E-state index is 6.00. The monoisotopic (exact) mass is 270 g/mol. The summed E-state index contributed by atoms with van der Waals surface area (Å²) in [6.07, 6.45) is 2.37. The van der Waals surface area contributed by atoms with Gasteiger partial charge in [-0.05, 0) is 42.9 Å². The van der Waals surface area contributed by atoms with E-state index in [2.05, 4.69) is 12.2 Å². The average molecular weight is 271 g/mol. The summed E-state index contributed by atoms with van der Waals surface area (Å²) in [6, 6.07) is 7.86. The molecule has 1 heterocycles. The van der Waals surface area contributed by atoms with Crippen molar-refractivity contribution in [3.8, 4) is 0 Å². The molecule has 0 aliphatic carbocycles. The first-order valence-electron chi connectivity index (χ1n) is 6.02. The number of nitrogens with one attached hydrogen (secondary N) is 1. The van der Waals surface area contributed by atoms with Gasteiger partial charge in [0.25, 0.3) is 0 Å². The largest absolute Gasteiger partial charge is 0.377 e. The Morgan fingerprint density at radius 3 is 2.76 bits per heavy atom. The van der Waals surface area contributed by atoms with Crippen molar-refractivity contribution >= 4 is 29.1 Å². The molecular weight excluding hydrogens is 252 g/mol. The molecule has 94 valence electrons. The van der Waals surface area contributed by atoms with Crippen LogP contribution in [0.2, 0.25) is 5.02 Å². The fraction of sp³-hybridized carbons (Fsp3) is 0.538. The molecule has 1 aromatic rings. The number of anilines is 1. The zero-order valence-electron chi connectivity index (χ0n) is 10.1. The van der Waals surface area contributed by atoms with Crippen molar-refractivity contribution in [1.29, 1.82) is 0 Å². The average Bonchev–Trinajstić information content (AvgIpc) is 2.35. The zero-order valence-corrected chi connectivity index (χ0v) is 11.7. The van der Waals surface area contributed by atoms with Crippen molar-refractivity contribution in [2.45, 2.75) is 30.6 Å². The fourth-order valence-electron chi connectivity index (χ4n) is 2.31. The molecule has 2 atom stereocenters. The fourth-order valence-corrected chi connectivity index (χ4v) is 3.70. The van der Waals surface area contributed by atoms with Crippen LogP contribution in [0, 0.1) is 0 Å². The van der Waals surface area contributed by atoms with E-state index in [4.69, 9.17) is 17.3 Å². The molecule has 2 nitrogen and oxygen atoms in total. The number of hydrogen-bond acceptors (Lipinski definition) is 3. The summed E-state index contributed by atoms with van der Waals surface area (Å²) >= 11 is 7.90. The highest BCUT2D eigenvalue weighted by Gasteiger charge is 2.37. The third-order valence-electron chi connectivity index (χ3n) is 3.52. The van der Waals surface area contributed by atoms with Crippen molar-refractivity contribution in [3.05, 3.63) is 29.3 Å². The van der Waals surface area contributed by atoms with Gasteiger partial charge < -0.3 is 11.1 Å². The van der Waals surface area contributed by atoms with Crippen LogP contribution in [0.3, 0.4) is 0 Å². The van der Waals surface area contributed by atoms with Crippen LogP contribution in [-0.2, 0) is 0 Å². The molecule has 2 rings (SSSR count). The number of thioether (sulfide) groups is 1. The minimum absolute atomic E-state index is 0.0245. The van der Waals surface area contributed by atoms with Gasteiger partial charge in [-0.2, -0.15) is 11.8 Å². The highest BCUT2D eigenvalue weighted by Crippen LogP contribution is 2.36. The summed E-state index contributed by atoms with van der Waals surface area (Å²) < 4.78 is 0. The van der Waals surface area contributed by atoms with Crippen LogP contribution in [0.4, 0.5) is 5.69 Å². The molecule has 0 bridgehead atoms. The molecule has 3 N–H and O–H groups in total. The second-order valence-electron chi connectivity index (χ2n) is 4.61. The first-order chi connectivity index (χ1) is 8.16. The van der Waals surface area contributed by atoms with E-state index in [1.54, 1.807) is 0 Å². The van der Waals surface area contributed by atoms with Crippen LogP contribution < -0.4 is 11.1 Å². The van der Waals surface area contributed by atoms with Gasteiger partial charge in [0.15, 0.2) is 0 Å². The van der Waals surface area contributed by atoms with Gasteiger partial charge >= 0.3 is 0 Å². The van der Waals surface area contributed by atoms with Crippen LogP contribution >= 0.6 is 23.4 Å². The number of benzene rings is 1. The van der Waals surface area contributed by atoms with E-state index >= 15 is 0 Å². The number of nitrogens with two attached hydrogens (primary N) is 1. The molecule has 1 aliphatic rings. The minimum Gasteiger partial charge on any atom is -0.377 e.